The van der Waals surface area contributed by atoms with Gasteiger partial charge in [0.2, 0.25) is 12.3 Å². The maximum absolute atomic E-state index is 13.1. The summed E-state index contributed by atoms with van der Waals surface area (Å²) in [6.07, 6.45) is -0.511. The second-order valence-corrected chi connectivity index (χ2v) is 8.90. The van der Waals surface area contributed by atoms with Gasteiger partial charge in [-0.3, -0.25) is 4.79 Å². The van der Waals surface area contributed by atoms with Crippen LogP contribution in [0.4, 0.5) is 11.4 Å². The van der Waals surface area contributed by atoms with Crippen LogP contribution in [0.2, 0.25) is 0 Å². The number of nitrogens with zero attached hydrogens (tertiary/aromatic N) is 1. The second kappa shape index (κ2) is 10.9. The lowest BCUT2D eigenvalue weighted by atomic mass is 9.98. The fourth-order valence-corrected chi connectivity index (χ4v) is 4.57. The summed E-state index contributed by atoms with van der Waals surface area (Å²) in [5.74, 6) is -1.51. The van der Waals surface area contributed by atoms with Gasteiger partial charge in [0.05, 0.1) is 16.9 Å². The van der Waals surface area contributed by atoms with Gasteiger partial charge in [-0.15, -0.1) is 0 Å². The summed E-state index contributed by atoms with van der Waals surface area (Å²) in [6.45, 7) is 4.08. The van der Waals surface area contributed by atoms with E-state index in [2.05, 4.69) is 5.32 Å². The van der Waals surface area contributed by atoms with Crippen LogP contribution in [0.3, 0.4) is 0 Å². The van der Waals surface area contributed by atoms with E-state index < -0.39 is 24.1 Å². The summed E-state index contributed by atoms with van der Waals surface area (Å²) in [6, 6.07) is 20.3. The van der Waals surface area contributed by atoms with Gasteiger partial charge in [-0.25, -0.2) is 9.59 Å². The smallest absolute Gasteiger partial charge is 0.454 e. The molecule has 1 unspecified atom stereocenters. The normalized spacial score (nSPS) is 14.1. The van der Waals surface area contributed by atoms with E-state index in [4.69, 9.17) is 24.0 Å². The van der Waals surface area contributed by atoms with Gasteiger partial charge >= 0.3 is 11.8 Å². The van der Waals surface area contributed by atoms with Crippen molar-refractivity contribution >= 4 is 23.3 Å². The molecule has 200 valence electrons. The third-order valence-corrected chi connectivity index (χ3v) is 6.41. The fraction of sp³-hybridized carbons (Fsp3) is 0.207. The molecular weight excluding hydrogens is 502 g/mol. The molecule has 1 aromatic heterocycles. The highest BCUT2D eigenvalue weighted by Gasteiger charge is 2.33. The largest absolute Gasteiger partial charge is 0.519 e. The summed E-state index contributed by atoms with van der Waals surface area (Å²) in [4.78, 5) is 38.3. The van der Waals surface area contributed by atoms with Gasteiger partial charge in [0.15, 0.2) is 18.1 Å². The van der Waals surface area contributed by atoms with Crippen molar-refractivity contribution in [1.82, 2.24) is 0 Å². The number of amides is 1. The van der Waals surface area contributed by atoms with E-state index in [1.54, 1.807) is 31.2 Å². The van der Waals surface area contributed by atoms with Crippen molar-refractivity contribution in [3.8, 4) is 11.1 Å². The van der Waals surface area contributed by atoms with E-state index in [0.29, 0.717) is 30.0 Å². The lowest BCUT2D eigenvalue weighted by molar-refractivity contribution is 0.0442. The first-order valence-electron chi connectivity index (χ1n) is 12.4. The molecule has 10 heteroatoms. The Kier molecular flexibility index (Phi) is 7.20. The molecule has 2 heterocycles. The fourth-order valence-electron chi connectivity index (χ4n) is 4.57. The first-order chi connectivity index (χ1) is 18.9. The number of nitrogens with one attached hydrogen (secondary N) is 1. The number of ether oxygens (including phenoxy) is 2. The van der Waals surface area contributed by atoms with Gasteiger partial charge in [0.25, 0.3) is 0 Å². The van der Waals surface area contributed by atoms with Crippen molar-refractivity contribution in [1.29, 1.82) is 0 Å². The molecule has 0 bridgehead atoms. The van der Waals surface area contributed by atoms with Gasteiger partial charge in [-0.05, 0) is 48.7 Å². The lowest BCUT2D eigenvalue weighted by Crippen LogP contribution is -2.38. The molecule has 1 atom stereocenters. The zero-order valence-electron chi connectivity index (χ0n) is 21.4. The van der Waals surface area contributed by atoms with Gasteiger partial charge < -0.3 is 34.3 Å². The number of aryl methyl sites for hydroxylation is 1. The second-order valence-electron chi connectivity index (χ2n) is 8.90. The monoisotopic (exact) mass is 529 g/mol. The van der Waals surface area contributed by atoms with Crippen LogP contribution >= 0.6 is 0 Å². The average molecular weight is 530 g/mol. The Balaban J connectivity index is 1.41. The predicted molar refractivity (Wildman–Crippen MR) is 143 cm³/mol. The van der Waals surface area contributed by atoms with Crippen molar-refractivity contribution < 1.29 is 27.9 Å². The number of carbonyl (C=O) groups is 2. The van der Waals surface area contributed by atoms with Crippen molar-refractivity contribution in [2.75, 3.05) is 16.8 Å². The Morgan fingerprint density at radius 3 is 2.44 bits per heavy atom. The molecule has 0 spiro atoms. The third kappa shape index (κ3) is 5.27. The van der Waals surface area contributed by atoms with Crippen LogP contribution in [0.5, 0.6) is 0 Å². The van der Waals surface area contributed by atoms with Crippen LogP contribution in [0.1, 0.15) is 44.7 Å². The number of para-hydroxylation sites is 1. The van der Waals surface area contributed by atoms with E-state index in [1.807, 2.05) is 54.3 Å². The first kappa shape index (κ1) is 25.8. The van der Waals surface area contributed by atoms with Gasteiger partial charge in [-0.2, -0.15) is 0 Å². The topological polar surface area (TPSA) is 137 Å². The third-order valence-electron chi connectivity index (χ3n) is 6.41. The number of hydrogen-bond acceptors (Lipinski definition) is 9. The van der Waals surface area contributed by atoms with Crippen LogP contribution in [0.15, 0.2) is 80.4 Å². The molecular formula is C29H27N3O7. The minimum atomic E-state index is -0.849. The molecule has 0 radical (unpaired) electrons. The number of rotatable bonds is 9. The van der Waals surface area contributed by atoms with Gasteiger partial charge in [0, 0.05) is 18.7 Å². The summed E-state index contributed by atoms with van der Waals surface area (Å²) in [7, 11) is 0. The Labute approximate surface area is 223 Å². The van der Waals surface area contributed by atoms with E-state index in [9.17, 15) is 14.4 Å². The van der Waals surface area contributed by atoms with E-state index >= 15 is 0 Å². The molecule has 1 aliphatic heterocycles. The molecule has 39 heavy (non-hydrogen) atoms. The van der Waals surface area contributed by atoms with Gasteiger partial charge in [0.1, 0.15) is 0 Å². The maximum Gasteiger partial charge on any atom is 0.519 e. The SMILES string of the molecule is CCOC1Nc2cccc(C(=O)OCc3oc(=O)oc3C)c2N1Cc1ccc(-c2ccccc2C(N)=O)cc1. The lowest BCUT2D eigenvalue weighted by Gasteiger charge is -2.27. The zero-order chi connectivity index (χ0) is 27.5. The van der Waals surface area contributed by atoms with Crippen molar-refractivity contribution in [2.24, 2.45) is 5.73 Å². The molecule has 0 saturated heterocycles. The highest BCUT2D eigenvalue weighted by atomic mass is 16.6. The zero-order valence-corrected chi connectivity index (χ0v) is 21.4. The molecule has 1 amide bonds. The van der Waals surface area contributed by atoms with Crippen LogP contribution < -0.4 is 21.8 Å². The molecule has 4 aromatic rings. The summed E-state index contributed by atoms with van der Waals surface area (Å²) >= 11 is 0. The maximum atomic E-state index is 13.1. The minimum absolute atomic E-state index is 0.154. The standard InChI is InChI=1S/C29H27N3O7/c1-3-36-28-31-23-10-6-9-22(27(34)37-16-24-17(2)38-29(35)39-24)25(23)32(28)15-18-11-13-19(14-12-18)20-7-4-5-8-21(20)26(30)33/h4-14,28,31H,3,15-16H2,1-2H3,(H2,30,33). The molecule has 0 saturated carbocycles. The van der Waals surface area contributed by atoms with E-state index in [-0.39, 0.29) is 18.1 Å². The molecule has 0 aliphatic carbocycles. The van der Waals surface area contributed by atoms with Crippen molar-refractivity contribution in [3.05, 3.63) is 106 Å². The Morgan fingerprint density at radius 2 is 1.74 bits per heavy atom. The first-order valence-corrected chi connectivity index (χ1v) is 12.4. The number of fused-ring (bicyclic) bond motifs is 1. The number of primary amides is 1. The molecule has 0 fully saturated rings. The van der Waals surface area contributed by atoms with Crippen LogP contribution in [0, 0.1) is 6.92 Å². The summed E-state index contributed by atoms with van der Waals surface area (Å²) in [5, 5.41) is 3.31. The number of nitrogens with two attached hydrogens (primary N) is 1. The van der Waals surface area contributed by atoms with Crippen molar-refractivity contribution in [2.45, 2.75) is 33.4 Å². The number of carbonyl (C=O) groups excluding carboxylic acids is 2. The van der Waals surface area contributed by atoms with Crippen LogP contribution in [-0.4, -0.2) is 24.8 Å². The highest BCUT2D eigenvalue weighted by molar-refractivity contribution is 6.01. The minimum Gasteiger partial charge on any atom is -0.454 e. The molecule has 1 aliphatic rings. The predicted octanol–water partition coefficient (Wildman–Crippen LogP) is 4.42. The number of benzene rings is 3. The number of anilines is 2. The average Bonchev–Trinajstić information content (AvgIpc) is 3.45. The molecule has 10 nitrogen and oxygen atoms in total. The Bertz CT molecular complexity index is 1570. The summed E-state index contributed by atoms with van der Waals surface area (Å²) < 4.78 is 21.2. The Morgan fingerprint density at radius 1 is 1.00 bits per heavy atom. The molecule has 3 N–H and O–H groups in total. The molecule has 3 aromatic carbocycles. The van der Waals surface area contributed by atoms with Crippen LogP contribution in [0.25, 0.3) is 11.1 Å². The number of hydrogen-bond donors (Lipinski definition) is 2. The highest BCUT2D eigenvalue weighted by Crippen LogP contribution is 2.39. The van der Waals surface area contributed by atoms with Gasteiger partial charge in [-0.1, -0.05) is 48.5 Å². The van der Waals surface area contributed by atoms with E-state index in [1.165, 1.54) is 0 Å². The van der Waals surface area contributed by atoms with Crippen LogP contribution in [-0.2, 0) is 22.6 Å². The molecule has 5 rings (SSSR count). The Hall–Kier alpha value is -4.83. The van der Waals surface area contributed by atoms with E-state index in [0.717, 1.165) is 22.4 Å². The quantitative estimate of drug-likeness (QED) is 0.302. The van der Waals surface area contributed by atoms with Crippen molar-refractivity contribution in [3.63, 3.8) is 0 Å². The summed E-state index contributed by atoms with van der Waals surface area (Å²) in [5.41, 5.74) is 10.3. The number of esters is 1.